The summed E-state index contributed by atoms with van der Waals surface area (Å²) in [5.41, 5.74) is 1.38. The Morgan fingerprint density at radius 2 is 1.86 bits per heavy atom. The van der Waals surface area contributed by atoms with Crippen molar-refractivity contribution in [2.75, 3.05) is 0 Å². The molecule has 3 aromatic rings. The molecule has 0 bridgehead atoms. The van der Waals surface area contributed by atoms with Crippen LogP contribution in [0.1, 0.15) is 15.4 Å². The number of rotatable bonds is 3. The quantitative estimate of drug-likeness (QED) is 0.763. The monoisotopic (exact) mass is 336 g/mol. The van der Waals surface area contributed by atoms with Crippen molar-refractivity contribution in [3.05, 3.63) is 63.1 Å². The van der Waals surface area contributed by atoms with E-state index in [2.05, 4.69) is 10.3 Å². The number of carbonyl (C=O) groups is 1. The Labute approximate surface area is 135 Å². The van der Waals surface area contributed by atoms with Gasteiger partial charge in [-0.1, -0.05) is 35.3 Å². The zero-order valence-corrected chi connectivity index (χ0v) is 13.1. The zero-order chi connectivity index (χ0) is 14.8. The number of para-hydroxylation sites is 1. The minimum absolute atomic E-state index is 0.223. The van der Waals surface area contributed by atoms with Gasteiger partial charge < -0.3 is 5.32 Å². The first-order valence-corrected chi connectivity index (χ1v) is 7.78. The molecule has 6 heteroatoms. The minimum atomic E-state index is -0.223. The van der Waals surface area contributed by atoms with Gasteiger partial charge in [-0.05, 0) is 30.3 Å². The molecule has 1 heterocycles. The van der Waals surface area contributed by atoms with E-state index in [-0.39, 0.29) is 5.91 Å². The molecule has 0 saturated carbocycles. The minimum Gasteiger partial charge on any atom is -0.346 e. The highest BCUT2D eigenvalue weighted by Gasteiger charge is 2.09. The van der Waals surface area contributed by atoms with E-state index >= 15 is 0 Å². The van der Waals surface area contributed by atoms with Crippen LogP contribution in [-0.4, -0.2) is 10.9 Å². The van der Waals surface area contributed by atoms with Gasteiger partial charge in [0.1, 0.15) is 5.01 Å². The number of nitrogens with one attached hydrogen (secondary N) is 1. The van der Waals surface area contributed by atoms with Crippen LogP contribution in [0.25, 0.3) is 10.2 Å². The first kappa shape index (κ1) is 14.3. The predicted octanol–water partition coefficient (Wildman–Crippen LogP) is 4.53. The van der Waals surface area contributed by atoms with Gasteiger partial charge in [0, 0.05) is 15.6 Å². The highest BCUT2D eigenvalue weighted by molar-refractivity contribution is 7.18. The SMILES string of the molecule is O=C(NCc1nc2ccccc2s1)c1cc(Cl)cc(Cl)c1. The smallest absolute Gasteiger partial charge is 0.251 e. The second-order valence-corrected chi connectivity index (χ2v) is 6.40. The van der Waals surface area contributed by atoms with Crippen LogP contribution in [0.15, 0.2) is 42.5 Å². The molecule has 2 aromatic carbocycles. The van der Waals surface area contributed by atoms with E-state index in [9.17, 15) is 4.79 Å². The van der Waals surface area contributed by atoms with Crippen molar-refractivity contribution in [1.29, 1.82) is 0 Å². The molecule has 0 atom stereocenters. The average Bonchev–Trinajstić information content (AvgIpc) is 2.86. The van der Waals surface area contributed by atoms with E-state index in [0.29, 0.717) is 22.2 Å². The predicted molar refractivity (Wildman–Crippen MR) is 87.3 cm³/mol. The Morgan fingerprint density at radius 3 is 2.57 bits per heavy atom. The Hall–Kier alpha value is -1.62. The lowest BCUT2D eigenvalue weighted by molar-refractivity contribution is 0.0951. The van der Waals surface area contributed by atoms with Crippen LogP contribution in [0.3, 0.4) is 0 Å². The van der Waals surface area contributed by atoms with Crippen molar-refractivity contribution in [2.24, 2.45) is 0 Å². The Morgan fingerprint density at radius 1 is 1.14 bits per heavy atom. The fourth-order valence-corrected chi connectivity index (χ4v) is 3.37. The van der Waals surface area contributed by atoms with Crippen molar-refractivity contribution in [3.8, 4) is 0 Å². The third-order valence-corrected chi connectivity index (χ3v) is 4.34. The number of benzene rings is 2. The summed E-state index contributed by atoms with van der Waals surface area (Å²) in [5, 5.41) is 4.56. The highest BCUT2D eigenvalue weighted by Crippen LogP contribution is 2.22. The standard InChI is InChI=1S/C15H10Cl2N2OS/c16-10-5-9(6-11(17)7-10)15(20)18-8-14-19-12-3-1-2-4-13(12)21-14/h1-7H,8H2,(H,18,20). The second-order valence-electron chi connectivity index (χ2n) is 4.42. The maximum Gasteiger partial charge on any atom is 0.251 e. The average molecular weight is 337 g/mol. The molecule has 0 spiro atoms. The van der Waals surface area contributed by atoms with Gasteiger partial charge in [0.2, 0.25) is 0 Å². The molecule has 0 unspecified atom stereocenters. The van der Waals surface area contributed by atoms with E-state index in [4.69, 9.17) is 23.2 Å². The number of carbonyl (C=O) groups excluding carboxylic acids is 1. The van der Waals surface area contributed by atoms with Gasteiger partial charge >= 0.3 is 0 Å². The van der Waals surface area contributed by atoms with E-state index < -0.39 is 0 Å². The summed E-state index contributed by atoms with van der Waals surface area (Å²) in [6.07, 6.45) is 0. The number of nitrogens with zero attached hydrogens (tertiary/aromatic N) is 1. The van der Waals surface area contributed by atoms with Crippen LogP contribution < -0.4 is 5.32 Å². The summed E-state index contributed by atoms with van der Waals surface area (Å²) in [4.78, 5) is 16.6. The summed E-state index contributed by atoms with van der Waals surface area (Å²) < 4.78 is 1.10. The first-order valence-electron chi connectivity index (χ1n) is 6.20. The lowest BCUT2D eigenvalue weighted by atomic mass is 10.2. The Kier molecular flexibility index (Phi) is 4.10. The van der Waals surface area contributed by atoms with Gasteiger partial charge in [-0.3, -0.25) is 4.79 Å². The highest BCUT2D eigenvalue weighted by atomic mass is 35.5. The molecule has 0 aliphatic heterocycles. The van der Waals surface area contributed by atoms with Gasteiger partial charge in [0.15, 0.2) is 0 Å². The van der Waals surface area contributed by atoms with Gasteiger partial charge in [0.05, 0.1) is 16.8 Å². The van der Waals surface area contributed by atoms with Gasteiger partial charge in [-0.15, -0.1) is 11.3 Å². The molecular formula is C15H10Cl2N2OS. The largest absolute Gasteiger partial charge is 0.346 e. The number of aromatic nitrogens is 1. The Bertz CT molecular complexity index is 763. The van der Waals surface area contributed by atoms with E-state index in [1.165, 1.54) is 0 Å². The van der Waals surface area contributed by atoms with Crippen LogP contribution in [0.4, 0.5) is 0 Å². The molecule has 0 aliphatic carbocycles. The molecular weight excluding hydrogens is 327 g/mol. The van der Waals surface area contributed by atoms with E-state index in [1.54, 1.807) is 29.5 Å². The molecule has 3 nitrogen and oxygen atoms in total. The topological polar surface area (TPSA) is 42.0 Å². The third kappa shape index (κ3) is 3.35. The fourth-order valence-electron chi connectivity index (χ4n) is 1.94. The van der Waals surface area contributed by atoms with Crippen molar-refractivity contribution >= 4 is 50.7 Å². The summed E-state index contributed by atoms with van der Waals surface area (Å²) in [5.74, 6) is -0.223. The van der Waals surface area contributed by atoms with Crippen molar-refractivity contribution < 1.29 is 4.79 Å². The molecule has 21 heavy (non-hydrogen) atoms. The molecule has 1 N–H and O–H groups in total. The molecule has 0 aliphatic rings. The van der Waals surface area contributed by atoms with Crippen molar-refractivity contribution in [1.82, 2.24) is 10.3 Å². The summed E-state index contributed by atoms with van der Waals surface area (Å²) in [6.45, 7) is 0.377. The van der Waals surface area contributed by atoms with Crippen LogP contribution in [0.2, 0.25) is 10.0 Å². The van der Waals surface area contributed by atoms with Crippen LogP contribution in [-0.2, 0) is 6.54 Å². The normalized spacial score (nSPS) is 10.8. The first-order chi connectivity index (χ1) is 10.1. The molecule has 106 valence electrons. The second kappa shape index (κ2) is 6.02. The Balaban J connectivity index is 1.73. The van der Waals surface area contributed by atoms with E-state index in [0.717, 1.165) is 15.2 Å². The van der Waals surface area contributed by atoms with Gasteiger partial charge in [-0.25, -0.2) is 4.98 Å². The van der Waals surface area contributed by atoms with Crippen LogP contribution in [0.5, 0.6) is 0 Å². The molecule has 0 fully saturated rings. The van der Waals surface area contributed by atoms with Crippen LogP contribution in [0, 0.1) is 0 Å². The maximum atomic E-state index is 12.1. The summed E-state index contributed by atoms with van der Waals surface area (Å²) in [6, 6.07) is 12.6. The number of thiazole rings is 1. The number of halogens is 2. The fraction of sp³-hybridized carbons (Fsp3) is 0.0667. The lowest BCUT2D eigenvalue weighted by Crippen LogP contribution is -2.22. The van der Waals surface area contributed by atoms with E-state index in [1.807, 2.05) is 24.3 Å². The summed E-state index contributed by atoms with van der Waals surface area (Å²) in [7, 11) is 0. The van der Waals surface area contributed by atoms with Gasteiger partial charge in [-0.2, -0.15) is 0 Å². The van der Waals surface area contributed by atoms with Crippen molar-refractivity contribution in [2.45, 2.75) is 6.54 Å². The number of fused-ring (bicyclic) bond motifs is 1. The molecule has 3 rings (SSSR count). The lowest BCUT2D eigenvalue weighted by Gasteiger charge is -2.04. The summed E-state index contributed by atoms with van der Waals surface area (Å²) >= 11 is 13.3. The molecule has 1 aromatic heterocycles. The van der Waals surface area contributed by atoms with Gasteiger partial charge in [0.25, 0.3) is 5.91 Å². The van der Waals surface area contributed by atoms with Crippen molar-refractivity contribution in [3.63, 3.8) is 0 Å². The zero-order valence-electron chi connectivity index (χ0n) is 10.8. The third-order valence-electron chi connectivity index (χ3n) is 2.86. The molecule has 0 saturated heterocycles. The number of amides is 1. The molecule has 1 amide bonds. The number of hydrogen-bond donors (Lipinski definition) is 1. The number of hydrogen-bond acceptors (Lipinski definition) is 3. The molecule has 0 radical (unpaired) electrons. The van der Waals surface area contributed by atoms with Crippen LogP contribution >= 0.6 is 34.5 Å². The maximum absolute atomic E-state index is 12.1.